The van der Waals surface area contributed by atoms with Gasteiger partial charge in [-0.15, -0.1) is 0 Å². The Labute approximate surface area is 228 Å². The molecule has 7 heteroatoms. The average Bonchev–Trinajstić information content (AvgIpc) is 3.20. The number of carbonyl (C=O) groups is 1. The fourth-order valence-corrected chi connectivity index (χ4v) is 5.12. The van der Waals surface area contributed by atoms with E-state index in [1.54, 1.807) is 12.0 Å². The largest absolute Gasteiger partial charge is 0.493 e. The number of fused-ring (bicyclic) bond motifs is 2. The Morgan fingerprint density at radius 3 is 2.41 bits per heavy atom. The van der Waals surface area contributed by atoms with Gasteiger partial charge in [0.05, 0.1) is 24.1 Å². The molecule has 7 nitrogen and oxygen atoms in total. The molecule has 4 aromatic rings. The summed E-state index contributed by atoms with van der Waals surface area (Å²) in [6.45, 7) is 5.62. The van der Waals surface area contributed by atoms with E-state index in [1.165, 1.54) is 0 Å². The number of hydrogen-bond donors (Lipinski definition) is 0. The van der Waals surface area contributed by atoms with Gasteiger partial charge in [-0.2, -0.15) is 0 Å². The molecule has 1 amide bonds. The Morgan fingerprint density at radius 1 is 0.949 bits per heavy atom. The van der Waals surface area contributed by atoms with Crippen molar-refractivity contribution in [3.63, 3.8) is 0 Å². The van der Waals surface area contributed by atoms with Crippen LogP contribution in [0.15, 0.2) is 69.9 Å². The van der Waals surface area contributed by atoms with Crippen LogP contribution >= 0.6 is 0 Å². The summed E-state index contributed by atoms with van der Waals surface area (Å²) >= 11 is 0. The van der Waals surface area contributed by atoms with E-state index < -0.39 is 6.04 Å². The second-order valence-corrected chi connectivity index (χ2v) is 10.3. The van der Waals surface area contributed by atoms with Crippen molar-refractivity contribution in [1.82, 2.24) is 9.80 Å². The minimum absolute atomic E-state index is 0.119. The minimum atomic E-state index is -0.589. The molecular weight excluding hydrogens is 492 g/mol. The van der Waals surface area contributed by atoms with Gasteiger partial charge in [-0.05, 0) is 87.4 Å². The van der Waals surface area contributed by atoms with E-state index in [1.807, 2.05) is 88.6 Å². The summed E-state index contributed by atoms with van der Waals surface area (Å²) in [5, 5.41) is 0.486. The minimum Gasteiger partial charge on any atom is -0.493 e. The Bertz CT molecular complexity index is 1580. The number of hydrogen-bond acceptors (Lipinski definition) is 6. The lowest BCUT2D eigenvalue weighted by Crippen LogP contribution is -2.32. The average molecular weight is 527 g/mol. The van der Waals surface area contributed by atoms with Crippen LogP contribution in [0.5, 0.6) is 11.5 Å². The van der Waals surface area contributed by atoms with Crippen molar-refractivity contribution in [1.29, 1.82) is 0 Å². The first-order valence-corrected chi connectivity index (χ1v) is 13.2. The lowest BCUT2D eigenvalue weighted by Gasteiger charge is -2.26. The summed E-state index contributed by atoms with van der Waals surface area (Å²) in [7, 11) is 5.59. The number of amides is 1. The van der Waals surface area contributed by atoms with Crippen LogP contribution in [0.3, 0.4) is 0 Å². The van der Waals surface area contributed by atoms with Crippen molar-refractivity contribution in [2.24, 2.45) is 0 Å². The molecule has 1 aliphatic rings. The highest BCUT2D eigenvalue weighted by molar-refractivity contribution is 5.99. The summed E-state index contributed by atoms with van der Waals surface area (Å²) in [4.78, 5) is 31.5. The van der Waals surface area contributed by atoms with Crippen LogP contribution in [0.4, 0.5) is 0 Å². The zero-order chi connectivity index (χ0) is 27.7. The first-order chi connectivity index (χ1) is 18.8. The topological polar surface area (TPSA) is 72.2 Å². The molecule has 1 unspecified atom stereocenters. The molecule has 0 fully saturated rings. The van der Waals surface area contributed by atoms with Crippen molar-refractivity contribution in [3.05, 3.63) is 104 Å². The number of rotatable bonds is 9. The maximum Gasteiger partial charge on any atom is 0.290 e. The number of benzene rings is 3. The van der Waals surface area contributed by atoms with Gasteiger partial charge in [0, 0.05) is 6.54 Å². The van der Waals surface area contributed by atoms with E-state index in [0.29, 0.717) is 41.2 Å². The third kappa shape index (κ3) is 5.14. The molecule has 0 radical (unpaired) electrons. The highest BCUT2D eigenvalue weighted by Crippen LogP contribution is 2.41. The number of carbonyl (C=O) groups excluding carboxylic acids is 1. The predicted molar refractivity (Wildman–Crippen MR) is 152 cm³/mol. The fraction of sp³-hybridized carbons (Fsp3) is 0.312. The van der Waals surface area contributed by atoms with Crippen LogP contribution in [0.1, 0.15) is 50.8 Å². The number of nitrogens with zero attached hydrogens (tertiary/aromatic N) is 2. The SMILES string of the molecule is COc1cc(C2c3c(oc4cc(C)c(C)cc4c3=O)C(=O)N2CCCN(C)C)ccc1OCc1ccccc1. The van der Waals surface area contributed by atoms with Gasteiger partial charge in [0.25, 0.3) is 5.91 Å². The van der Waals surface area contributed by atoms with Gasteiger partial charge < -0.3 is 23.7 Å². The standard InChI is InChI=1S/C32H34N2O5/c1-20-16-24-26(17-21(20)2)39-31-28(30(24)35)29(34(32(31)36)15-9-14-33(3)4)23-12-13-25(27(18-23)37-5)38-19-22-10-7-6-8-11-22/h6-8,10-13,16-18,29H,9,14-15,19H2,1-5H3. The molecule has 202 valence electrons. The number of ether oxygens (including phenoxy) is 2. The van der Waals surface area contributed by atoms with Crippen LogP contribution in [0.25, 0.3) is 11.0 Å². The van der Waals surface area contributed by atoms with E-state index in [-0.39, 0.29) is 17.1 Å². The van der Waals surface area contributed by atoms with Gasteiger partial charge in [-0.1, -0.05) is 36.4 Å². The first kappa shape index (κ1) is 26.5. The molecule has 1 aromatic heterocycles. The Morgan fingerprint density at radius 2 is 1.69 bits per heavy atom. The molecular formula is C32H34N2O5. The van der Waals surface area contributed by atoms with E-state index in [4.69, 9.17) is 13.9 Å². The lowest BCUT2D eigenvalue weighted by atomic mass is 9.97. The van der Waals surface area contributed by atoms with Crippen LogP contribution < -0.4 is 14.9 Å². The number of aryl methyl sites for hydroxylation is 2. The van der Waals surface area contributed by atoms with Crippen molar-refractivity contribution >= 4 is 16.9 Å². The molecule has 0 saturated heterocycles. The normalized spacial score (nSPS) is 14.8. The maximum absolute atomic E-state index is 13.9. The zero-order valence-electron chi connectivity index (χ0n) is 23.1. The molecule has 5 rings (SSSR count). The second kappa shape index (κ2) is 10.9. The van der Waals surface area contributed by atoms with Crippen molar-refractivity contribution in [3.8, 4) is 11.5 Å². The summed E-state index contributed by atoms with van der Waals surface area (Å²) in [5.74, 6) is 0.975. The summed E-state index contributed by atoms with van der Waals surface area (Å²) in [5.41, 5.74) is 4.46. The highest BCUT2D eigenvalue weighted by Gasteiger charge is 2.42. The molecule has 2 heterocycles. The van der Waals surface area contributed by atoms with E-state index >= 15 is 0 Å². The summed E-state index contributed by atoms with van der Waals surface area (Å²) < 4.78 is 17.9. The van der Waals surface area contributed by atoms with Crippen LogP contribution in [0.2, 0.25) is 0 Å². The Balaban J connectivity index is 1.58. The van der Waals surface area contributed by atoms with Gasteiger partial charge in [-0.3, -0.25) is 9.59 Å². The van der Waals surface area contributed by atoms with Crippen molar-refractivity contribution in [2.75, 3.05) is 34.3 Å². The molecule has 0 aliphatic carbocycles. The first-order valence-electron chi connectivity index (χ1n) is 13.2. The van der Waals surface area contributed by atoms with Crippen molar-refractivity contribution < 1.29 is 18.7 Å². The van der Waals surface area contributed by atoms with E-state index in [9.17, 15) is 9.59 Å². The predicted octanol–water partition coefficient (Wildman–Crippen LogP) is 5.49. The molecule has 0 bridgehead atoms. The zero-order valence-corrected chi connectivity index (χ0v) is 23.1. The molecule has 0 N–H and O–H groups in total. The molecule has 39 heavy (non-hydrogen) atoms. The maximum atomic E-state index is 13.9. The molecule has 1 aliphatic heterocycles. The fourth-order valence-electron chi connectivity index (χ4n) is 5.12. The second-order valence-electron chi connectivity index (χ2n) is 10.3. The van der Waals surface area contributed by atoms with Gasteiger partial charge in [-0.25, -0.2) is 0 Å². The third-order valence-electron chi connectivity index (χ3n) is 7.33. The lowest BCUT2D eigenvalue weighted by molar-refractivity contribution is 0.0722. The summed E-state index contributed by atoms with van der Waals surface area (Å²) in [6, 6.07) is 18.6. The van der Waals surface area contributed by atoms with Crippen LogP contribution in [0, 0.1) is 13.8 Å². The van der Waals surface area contributed by atoms with E-state index in [0.717, 1.165) is 35.2 Å². The quantitative estimate of drug-likeness (QED) is 0.287. The highest BCUT2D eigenvalue weighted by atomic mass is 16.5. The molecule has 0 spiro atoms. The summed E-state index contributed by atoms with van der Waals surface area (Å²) in [6.07, 6.45) is 0.755. The Kier molecular flexibility index (Phi) is 7.44. The third-order valence-corrected chi connectivity index (χ3v) is 7.33. The molecule has 0 saturated carbocycles. The smallest absolute Gasteiger partial charge is 0.290 e. The van der Waals surface area contributed by atoms with Gasteiger partial charge in [0.2, 0.25) is 5.76 Å². The Hall–Kier alpha value is -4.10. The molecule has 3 aromatic carbocycles. The molecule has 1 atom stereocenters. The van der Waals surface area contributed by atoms with Gasteiger partial charge >= 0.3 is 0 Å². The van der Waals surface area contributed by atoms with Gasteiger partial charge in [0.15, 0.2) is 16.9 Å². The van der Waals surface area contributed by atoms with Crippen LogP contribution in [-0.2, 0) is 6.61 Å². The van der Waals surface area contributed by atoms with Crippen LogP contribution in [-0.4, -0.2) is 50.0 Å². The monoisotopic (exact) mass is 526 g/mol. The number of methoxy groups -OCH3 is 1. The van der Waals surface area contributed by atoms with Crippen molar-refractivity contribution in [2.45, 2.75) is 32.9 Å². The van der Waals surface area contributed by atoms with E-state index in [2.05, 4.69) is 4.90 Å². The van der Waals surface area contributed by atoms with Gasteiger partial charge in [0.1, 0.15) is 12.2 Å².